The molecule has 0 spiro atoms. The molecule has 0 aliphatic carbocycles. The molecule has 1 fully saturated rings. The van der Waals surface area contributed by atoms with E-state index in [2.05, 4.69) is 36.2 Å². The zero-order valence-electron chi connectivity index (χ0n) is 20.2. The Bertz CT molecular complexity index is 1100. The van der Waals surface area contributed by atoms with Gasteiger partial charge >= 0.3 is 0 Å². The molecule has 0 radical (unpaired) electrons. The van der Waals surface area contributed by atoms with Crippen LogP contribution < -0.4 is 14.8 Å². The molecule has 180 valence electrons. The summed E-state index contributed by atoms with van der Waals surface area (Å²) < 4.78 is 16.5. The second kappa shape index (κ2) is 11.0. The summed E-state index contributed by atoms with van der Waals surface area (Å²) in [6, 6.07) is 15.5. The van der Waals surface area contributed by atoms with Crippen molar-refractivity contribution >= 4 is 22.2 Å². The van der Waals surface area contributed by atoms with Gasteiger partial charge in [0.2, 0.25) is 0 Å². The van der Waals surface area contributed by atoms with Gasteiger partial charge in [-0.25, -0.2) is 0 Å². The van der Waals surface area contributed by atoms with Gasteiger partial charge in [0.25, 0.3) is 5.91 Å². The first kappa shape index (κ1) is 24.3. The number of methoxy groups -OCH3 is 1. The van der Waals surface area contributed by atoms with Crippen LogP contribution in [-0.2, 0) is 4.74 Å². The highest BCUT2D eigenvalue weighted by Crippen LogP contribution is 2.43. The van der Waals surface area contributed by atoms with E-state index in [9.17, 15) is 4.79 Å². The maximum absolute atomic E-state index is 13.1. The van der Waals surface area contributed by atoms with Crippen LogP contribution in [-0.4, -0.2) is 50.8 Å². The zero-order chi connectivity index (χ0) is 24.1. The molecule has 0 bridgehead atoms. The average Bonchev–Trinajstić information content (AvgIpc) is 3.14. The van der Waals surface area contributed by atoms with Crippen LogP contribution in [0.3, 0.4) is 0 Å². The summed E-state index contributed by atoms with van der Waals surface area (Å²) in [7, 11) is 1.62. The van der Waals surface area contributed by atoms with Crippen molar-refractivity contribution in [2.45, 2.75) is 26.8 Å². The maximum atomic E-state index is 13.1. The average molecular weight is 481 g/mol. The van der Waals surface area contributed by atoms with Gasteiger partial charge < -0.3 is 19.5 Å². The summed E-state index contributed by atoms with van der Waals surface area (Å²) >= 11 is 1.63. The van der Waals surface area contributed by atoms with E-state index >= 15 is 0 Å². The standard InChI is InChI=1S/C27H32N2O4S/c1-5-33-23-12-6-20(7-13-23)25(29-14-16-32-17-15-29)24-18(2)19(3)34-27(24)28-26(30)21-8-10-22(31-4)11-9-21/h6-13,25H,5,14-17H2,1-4H3,(H,28,30)/t25-/m1/s1. The highest BCUT2D eigenvalue weighted by Gasteiger charge is 2.30. The van der Waals surface area contributed by atoms with E-state index in [1.54, 1.807) is 42.7 Å². The van der Waals surface area contributed by atoms with Crippen molar-refractivity contribution in [1.82, 2.24) is 4.90 Å². The Morgan fingerprint density at radius 1 is 1.06 bits per heavy atom. The quantitative estimate of drug-likeness (QED) is 0.465. The van der Waals surface area contributed by atoms with E-state index in [0.29, 0.717) is 25.4 Å². The van der Waals surface area contributed by atoms with Crippen molar-refractivity contribution < 1.29 is 19.0 Å². The summed E-state index contributed by atoms with van der Waals surface area (Å²) in [4.78, 5) is 16.8. The molecule has 2 heterocycles. The normalized spacial score (nSPS) is 15.1. The Kier molecular flexibility index (Phi) is 7.88. The number of anilines is 1. The molecule has 7 heteroatoms. The number of ether oxygens (including phenoxy) is 3. The highest BCUT2D eigenvalue weighted by atomic mass is 32.1. The lowest BCUT2D eigenvalue weighted by molar-refractivity contribution is 0.0240. The van der Waals surface area contributed by atoms with Crippen LogP contribution in [0.5, 0.6) is 11.5 Å². The first-order chi connectivity index (χ1) is 16.5. The van der Waals surface area contributed by atoms with E-state index in [1.807, 2.05) is 19.1 Å². The van der Waals surface area contributed by atoms with Gasteiger partial charge in [0.05, 0.1) is 33.0 Å². The molecule has 4 rings (SSSR count). The van der Waals surface area contributed by atoms with E-state index < -0.39 is 0 Å². The first-order valence-electron chi connectivity index (χ1n) is 11.6. The summed E-state index contributed by atoms with van der Waals surface area (Å²) in [6.07, 6.45) is 0. The third kappa shape index (κ3) is 5.27. The Morgan fingerprint density at radius 3 is 2.32 bits per heavy atom. The van der Waals surface area contributed by atoms with Crippen molar-refractivity contribution in [1.29, 1.82) is 0 Å². The van der Waals surface area contributed by atoms with E-state index in [0.717, 1.165) is 35.2 Å². The lowest BCUT2D eigenvalue weighted by Crippen LogP contribution is -2.39. The van der Waals surface area contributed by atoms with Crippen molar-refractivity contribution in [3.8, 4) is 11.5 Å². The van der Waals surface area contributed by atoms with E-state index in [4.69, 9.17) is 14.2 Å². The predicted octanol–water partition coefficient (Wildman–Crippen LogP) is 5.45. The molecule has 0 saturated carbocycles. The molecule has 1 amide bonds. The number of carbonyl (C=O) groups excluding carboxylic acids is 1. The van der Waals surface area contributed by atoms with Gasteiger partial charge in [-0.2, -0.15) is 0 Å². The van der Waals surface area contributed by atoms with Gasteiger partial charge in [-0.3, -0.25) is 9.69 Å². The number of amides is 1. The number of thiophene rings is 1. The molecule has 6 nitrogen and oxygen atoms in total. The SMILES string of the molecule is CCOc1ccc([C@H](c2c(NC(=O)c3ccc(OC)cc3)sc(C)c2C)N2CCOCC2)cc1. The summed E-state index contributed by atoms with van der Waals surface area (Å²) in [5.74, 6) is 1.46. The molecule has 1 aromatic heterocycles. The third-order valence-electron chi connectivity index (χ3n) is 6.20. The number of nitrogens with one attached hydrogen (secondary N) is 1. The number of benzene rings is 2. The van der Waals surface area contributed by atoms with Crippen LogP contribution in [0.15, 0.2) is 48.5 Å². The minimum atomic E-state index is -0.127. The molecule has 1 N–H and O–H groups in total. The van der Waals surface area contributed by atoms with Crippen molar-refractivity contribution in [3.63, 3.8) is 0 Å². The smallest absolute Gasteiger partial charge is 0.256 e. The second-order valence-corrected chi connectivity index (χ2v) is 9.49. The molecule has 1 atom stereocenters. The number of carbonyl (C=O) groups is 1. The minimum absolute atomic E-state index is 0.00990. The Labute approximate surface area is 205 Å². The number of aryl methyl sites for hydroxylation is 1. The van der Waals surface area contributed by atoms with Crippen molar-refractivity contribution in [3.05, 3.63) is 75.7 Å². The van der Waals surface area contributed by atoms with E-state index in [-0.39, 0.29) is 11.9 Å². The van der Waals surface area contributed by atoms with Gasteiger partial charge in [-0.15, -0.1) is 11.3 Å². The molecule has 2 aromatic carbocycles. The number of nitrogens with zero attached hydrogens (tertiary/aromatic N) is 1. The molecule has 34 heavy (non-hydrogen) atoms. The zero-order valence-corrected chi connectivity index (χ0v) is 21.0. The van der Waals surface area contributed by atoms with Crippen LogP contribution >= 0.6 is 11.3 Å². The van der Waals surface area contributed by atoms with Crippen molar-refractivity contribution in [2.75, 3.05) is 45.3 Å². The molecule has 0 unspecified atom stereocenters. The summed E-state index contributed by atoms with van der Waals surface area (Å²) in [6.45, 7) is 9.94. The molecular weight excluding hydrogens is 448 g/mol. The summed E-state index contributed by atoms with van der Waals surface area (Å²) in [5, 5.41) is 4.09. The number of hydrogen-bond donors (Lipinski definition) is 1. The van der Waals surface area contributed by atoms with Gasteiger partial charge in [0, 0.05) is 29.1 Å². The van der Waals surface area contributed by atoms with Crippen LogP contribution in [0.1, 0.15) is 44.9 Å². The Balaban J connectivity index is 1.71. The van der Waals surface area contributed by atoms with Gasteiger partial charge in [0.15, 0.2) is 0 Å². The first-order valence-corrected chi connectivity index (χ1v) is 12.4. The monoisotopic (exact) mass is 480 g/mol. The number of rotatable bonds is 8. The molecule has 3 aromatic rings. The summed E-state index contributed by atoms with van der Waals surface area (Å²) in [5.41, 5.74) is 4.13. The topological polar surface area (TPSA) is 60.0 Å². The fourth-order valence-corrected chi connectivity index (χ4v) is 5.38. The lowest BCUT2D eigenvalue weighted by Gasteiger charge is -2.35. The molecule has 1 aliphatic heterocycles. The highest BCUT2D eigenvalue weighted by molar-refractivity contribution is 7.16. The third-order valence-corrected chi connectivity index (χ3v) is 7.34. The predicted molar refractivity (Wildman–Crippen MR) is 137 cm³/mol. The Morgan fingerprint density at radius 2 is 1.71 bits per heavy atom. The maximum Gasteiger partial charge on any atom is 0.256 e. The molecular formula is C27H32N2O4S. The Hall–Kier alpha value is -2.87. The molecule has 1 saturated heterocycles. The van der Waals surface area contributed by atoms with Gasteiger partial charge in [-0.1, -0.05) is 12.1 Å². The van der Waals surface area contributed by atoms with Crippen LogP contribution in [0.2, 0.25) is 0 Å². The largest absolute Gasteiger partial charge is 0.497 e. The van der Waals surface area contributed by atoms with Crippen LogP contribution in [0.4, 0.5) is 5.00 Å². The van der Waals surface area contributed by atoms with Crippen molar-refractivity contribution in [2.24, 2.45) is 0 Å². The second-order valence-electron chi connectivity index (χ2n) is 8.26. The number of morpholine rings is 1. The van der Waals surface area contributed by atoms with Crippen LogP contribution in [0.25, 0.3) is 0 Å². The van der Waals surface area contributed by atoms with Gasteiger partial charge in [0.1, 0.15) is 16.5 Å². The fourth-order valence-electron chi connectivity index (χ4n) is 4.29. The van der Waals surface area contributed by atoms with Gasteiger partial charge in [-0.05, 0) is 68.3 Å². The fraction of sp³-hybridized carbons (Fsp3) is 0.370. The lowest BCUT2D eigenvalue weighted by atomic mass is 9.94. The minimum Gasteiger partial charge on any atom is -0.497 e. The molecule has 1 aliphatic rings. The van der Waals surface area contributed by atoms with E-state index in [1.165, 1.54) is 16.0 Å². The van der Waals surface area contributed by atoms with Crippen LogP contribution in [0, 0.1) is 13.8 Å². The number of hydrogen-bond acceptors (Lipinski definition) is 6.